The van der Waals surface area contributed by atoms with Gasteiger partial charge in [0.2, 0.25) is 0 Å². The van der Waals surface area contributed by atoms with E-state index in [0.29, 0.717) is 5.69 Å². The molecule has 17 heavy (non-hydrogen) atoms. The predicted octanol–water partition coefficient (Wildman–Crippen LogP) is 2.62. The first kappa shape index (κ1) is 11.6. The first-order valence-corrected chi connectivity index (χ1v) is 6.23. The highest BCUT2D eigenvalue weighted by Crippen LogP contribution is 2.11. The number of nitrogens with one attached hydrogen (secondary N) is 2. The number of aromatic nitrogens is 1. The number of rotatable bonds is 4. The SMILES string of the molecule is CC/C(=N/NC(=O)c1ccc[nH]1)c1cccs1. The Morgan fingerprint density at radius 1 is 1.47 bits per heavy atom. The maximum absolute atomic E-state index is 11.6. The topological polar surface area (TPSA) is 57.2 Å². The van der Waals surface area contributed by atoms with Crippen molar-refractivity contribution in [3.05, 3.63) is 46.4 Å². The summed E-state index contributed by atoms with van der Waals surface area (Å²) in [6.45, 7) is 2.01. The molecule has 2 rings (SSSR count). The Kier molecular flexibility index (Phi) is 3.72. The van der Waals surface area contributed by atoms with Crippen LogP contribution in [0.1, 0.15) is 28.7 Å². The summed E-state index contributed by atoms with van der Waals surface area (Å²) in [6, 6.07) is 7.45. The van der Waals surface area contributed by atoms with Gasteiger partial charge >= 0.3 is 0 Å². The van der Waals surface area contributed by atoms with E-state index >= 15 is 0 Å². The molecule has 0 atom stereocenters. The van der Waals surface area contributed by atoms with E-state index in [4.69, 9.17) is 0 Å². The molecular weight excluding hydrogens is 234 g/mol. The second kappa shape index (κ2) is 5.45. The van der Waals surface area contributed by atoms with Crippen molar-refractivity contribution in [1.82, 2.24) is 10.4 Å². The maximum atomic E-state index is 11.6. The summed E-state index contributed by atoms with van der Waals surface area (Å²) in [4.78, 5) is 15.6. The maximum Gasteiger partial charge on any atom is 0.287 e. The third-order valence-electron chi connectivity index (χ3n) is 2.28. The molecule has 0 unspecified atom stereocenters. The molecule has 0 aliphatic carbocycles. The number of hydrogen-bond donors (Lipinski definition) is 2. The molecule has 2 N–H and O–H groups in total. The van der Waals surface area contributed by atoms with Crippen LogP contribution < -0.4 is 5.43 Å². The molecule has 5 heteroatoms. The summed E-state index contributed by atoms with van der Waals surface area (Å²) in [7, 11) is 0. The lowest BCUT2D eigenvalue weighted by molar-refractivity contribution is 0.0950. The lowest BCUT2D eigenvalue weighted by atomic mass is 10.2. The number of H-pyrrole nitrogens is 1. The normalized spacial score (nSPS) is 11.5. The Balaban J connectivity index is 2.07. The minimum atomic E-state index is -0.225. The van der Waals surface area contributed by atoms with Gasteiger partial charge in [-0.05, 0) is 30.0 Å². The third-order valence-corrected chi connectivity index (χ3v) is 3.19. The molecule has 2 aromatic heterocycles. The van der Waals surface area contributed by atoms with Gasteiger partial charge < -0.3 is 4.98 Å². The van der Waals surface area contributed by atoms with Gasteiger partial charge in [-0.2, -0.15) is 5.10 Å². The van der Waals surface area contributed by atoms with E-state index in [9.17, 15) is 4.79 Å². The second-order valence-electron chi connectivity index (χ2n) is 3.41. The lowest BCUT2D eigenvalue weighted by Gasteiger charge is -2.01. The number of thiophene rings is 1. The van der Waals surface area contributed by atoms with Crippen LogP contribution in [0.25, 0.3) is 0 Å². The van der Waals surface area contributed by atoms with Crippen molar-refractivity contribution >= 4 is 23.0 Å². The summed E-state index contributed by atoms with van der Waals surface area (Å²) in [5.41, 5.74) is 3.95. The molecule has 88 valence electrons. The molecule has 1 amide bonds. The lowest BCUT2D eigenvalue weighted by Crippen LogP contribution is -2.19. The monoisotopic (exact) mass is 247 g/mol. The number of amides is 1. The molecule has 0 aromatic carbocycles. The molecule has 0 spiro atoms. The number of carbonyl (C=O) groups is 1. The third kappa shape index (κ3) is 2.82. The van der Waals surface area contributed by atoms with E-state index in [1.807, 2.05) is 24.4 Å². The number of hydrazone groups is 1. The molecule has 4 nitrogen and oxygen atoms in total. The van der Waals surface area contributed by atoms with Gasteiger partial charge in [-0.15, -0.1) is 11.3 Å². The largest absolute Gasteiger partial charge is 0.357 e. The van der Waals surface area contributed by atoms with Gasteiger partial charge in [0.25, 0.3) is 5.91 Å². The van der Waals surface area contributed by atoms with Crippen LogP contribution in [-0.2, 0) is 0 Å². The predicted molar refractivity (Wildman–Crippen MR) is 69.4 cm³/mol. The Morgan fingerprint density at radius 2 is 2.35 bits per heavy atom. The molecule has 0 aliphatic heterocycles. The minimum Gasteiger partial charge on any atom is -0.357 e. The fourth-order valence-electron chi connectivity index (χ4n) is 1.40. The van der Waals surface area contributed by atoms with Crippen LogP contribution in [0.3, 0.4) is 0 Å². The molecule has 2 heterocycles. The summed E-state index contributed by atoms with van der Waals surface area (Å²) in [6.07, 6.45) is 2.49. The molecule has 0 saturated heterocycles. The van der Waals surface area contributed by atoms with Crippen LogP contribution in [0.15, 0.2) is 40.9 Å². The smallest absolute Gasteiger partial charge is 0.287 e. The van der Waals surface area contributed by atoms with Gasteiger partial charge in [0.1, 0.15) is 5.69 Å². The van der Waals surface area contributed by atoms with Crippen LogP contribution in [-0.4, -0.2) is 16.6 Å². The average Bonchev–Trinajstić information content (AvgIpc) is 3.02. The molecule has 0 bridgehead atoms. The second-order valence-corrected chi connectivity index (χ2v) is 4.36. The summed E-state index contributed by atoms with van der Waals surface area (Å²) in [5.74, 6) is -0.225. The molecular formula is C12H13N3OS. The van der Waals surface area contributed by atoms with Crippen LogP contribution in [0.4, 0.5) is 0 Å². The molecule has 0 aliphatic rings. The van der Waals surface area contributed by atoms with Crippen molar-refractivity contribution in [3.63, 3.8) is 0 Å². The van der Waals surface area contributed by atoms with Crippen LogP contribution in [0.5, 0.6) is 0 Å². The molecule has 0 fully saturated rings. The standard InChI is InChI=1S/C12H13N3OS/c1-2-9(11-6-4-8-17-11)14-15-12(16)10-5-3-7-13-10/h3-8,13H,2H2,1H3,(H,15,16)/b14-9-. The molecule has 2 aromatic rings. The summed E-state index contributed by atoms with van der Waals surface area (Å²) >= 11 is 1.61. The number of nitrogens with zero attached hydrogens (tertiary/aromatic N) is 1. The van der Waals surface area contributed by atoms with Crippen LogP contribution in [0.2, 0.25) is 0 Å². The number of hydrogen-bond acceptors (Lipinski definition) is 3. The highest BCUT2D eigenvalue weighted by molar-refractivity contribution is 7.12. The van der Waals surface area contributed by atoms with E-state index in [1.165, 1.54) is 0 Å². The zero-order chi connectivity index (χ0) is 12.1. The molecule has 0 radical (unpaired) electrons. The fraction of sp³-hybridized carbons (Fsp3) is 0.167. The van der Waals surface area contributed by atoms with E-state index in [0.717, 1.165) is 17.0 Å². The fourth-order valence-corrected chi connectivity index (χ4v) is 2.19. The van der Waals surface area contributed by atoms with Gasteiger partial charge in [-0.3, -0.25) is 4.79 Å². The van der Waals surface area contributed by atoms with E-state index < -0.39 is 0 Å². The highest BCUT2D eigenvalue weighted by Gasteiger charge is 2.06. The van der Waals surface area contributed by atoms with Crippen molar-refractivity contribution in [1.29, 1.82) is 0 Å². The van der Waals surface area contributed by atoms with Crippen molar-refractivity contribution in [2.45, 2.75) is 13.3 Å². The van der Waals surface area contributed by atoms with Crippen molar-refractivity contribution in [2.75, 3.05) is 0 Å². The molecule has 0 saturated carbocycles. The number of carbonyl (C=O) groups excluding carboxylic acids is 1. The van der Waals surface area contributed by atoms with Gasteiger partial charge in [-0.1, -0.05) is 13.0 Å². The zero-order valence-corrected chi connectivity index (χ0v) is 10.3. The van der Waals surface area contributed by atoms with Crippen LogP contribution in [0, 0.1) is 0 Å². The first-order chi connectivity index (χ1) is 8.31. The Morgan fingerprint density at radius 3 is 2.94 bits per heavy atom. The highest BCUT2D eigenvalue weighted by atomic mass is 32.1. The van der Waals surface area contributed by atoms with Crippen molar-refractivity contribution in [2.24, 2.45) is 5.10 Å². The minimum absolute atomic E-state index is 0.225. The van der Waals surface area contributed by atoms with Crippen molar-refractivity contribution < 1.29 is 4.79 Å². The van der Waals surface area contributed by atoms with E-state index in [1.54, 1.807) is 29.7 Å². The van der Waals surface area contributed by atoms with Gasteiger partial charge in [0.05, 0.1) is 10.6 Å². The van der Waals surface area contributed by atoms with E-state index in [2.05, 4.69) is 15.5 Å². The van der Waals surface area contributed by atoms with Gasteiger partial charge in [-0.25, -0.2) is 5.43 Å². The van der Waals surface area contributed by atoms with E-state index in [-0.39, 0.29) is 5.91 Å². The Bertz CT molecular complexity index is 500. The Labute approximate surface area is 103 Å². The quantitative estimate of drug-likeness (QED) is 0.633. The first-order valence-electron chi connectivity index (χ1n) is 5.35. The van der Waals surface area contributed by atoms with Crippen molar-refractivity contribution in [3.8, 4) is 0 Å². The zero-order valence-electron chi connectivity index (χ0n) is 9.43. The number of aromatic amines is 1. The Hall–Kier alpha value is -1.88. The average molecular weight is 247 g/mol. The van der Waals surface area contributed by atoms with Crippen LogP contribution >= 0.6 is 11.3 Å². The summed E-state index contributed by atoms with van der Waals surface area (Å²) in [5, 5.41) is 6.14. The van der Waals surface area contributed by atoms with Gasteiger partial charge in [0, 0.05) is 6.20 Å². The van der Waals surface area contributed by atoms with Gasteiger partial charge in [0.15, 0.2) is 0 Å². The summed E-state index contributed by atoms with van der Waals surface area (Å²) < 4.78 is 0.